The molecule has 2 heterocycles. The first-order chi connectivity index (χ1) is 12.8. The molecule has 0 unspecified atom stereocenters. The molecular formula is C21H19N3O2. The summed E-state index contributed by atoms with van der Waals surface area (Å²) in [6.07, 6.45) is 3.56. The van der Waals surface area contributed by atoms with Gasteiger partial charge in [-0.15, -0.1) is 0 Å². The summed E-state index contributed by atoms with van der Waals surface area (Å²) in [7, 11) is 0. The first-order valence-corrected chi connectivity index (χ1v) is 8.61. The van der Waals surface area contributed by atoms with Crippen LogP contribution >= 0.6 is 0 Å². The predicted octanol–water partition coefficient (Wildman–Crippen LogP) is 4.01. The molecule has 3 aromatic rings. The third-order valence-electron chi connectivity index (χ3n) is 4.41. The second kappa shape index (κ2) is 6.88. The molecular weight excluding hydrogens is 326 g/mol. The Labute approximate surface area is 151 Å². The van der Waals surface area contributed by atoms with Gasteiger partial charge in [-0.1, -0.05) is 60.7 Å². The van der Waals surface area contributed by atoms with E-state index in [4.69, 9.17) is 4.74 Å². The van der Waals surface area contributed by atoms with Crippen LogP contribution in [-0.2, 0) is 9.53 Å². The molecule has 0 amide bonds. The maximum absolute atomic E-state index is 12.5. The number of carbonyl (C=O) groups is 1. The number of anilines is 1. The van der Waals surface area contributed by atoms with Gasteiger partial charge < -0.3 is 10.1 Å². The second-order valence-electron chi connectivity index (χ2n) is 6.00. The summed E-state index contributed by atoms with van der Waals surface area (Å²) in [5.74, 6) is 0.523. The molecule has 0 bridgehead atoms. The van der Waals surface area contributed by atoms with E-state index in [2.05, 4.69) is 10.4 Å². The lowest BCUT2D eigenvalue weighted by Crippen LogP contribution is -2.27. The van der Waals surface area contributed by atoms with Gasteiger partial charge >= 0.3 is 5.97 Å². The molecule has 0 saturated heterocycles. The molecule has 0 fully saturated rings. The molecule has 0 radical (unpaired) electrons. The standard InChI is InChI=1S/C21H19N3O2/c1-2-26-21(25)18-13-22-20-17(15-9-5-3-6-10-15)14-23-24(20)19(18)16-11-7-4-8-12-16/h3-14,19,22H,2H2,1H3/t19-/m1/s1. The van der Waals surface area contributed by atoms with E-state index in [1.165, 1.54) is 0 Å². The summed E-state index contributed by atoms with van der Waals surface area (Å²) in [6.45, 7) is 2.14. The molecule has 1 atom stereocenters. The van der Waals surface area contributed by atoms with Crippen LogP contribution in [0.15, 0.2) is 78.6 Å². The first-order valence-electron chi connectivity index (χ1n) is 8.61. The van der Waals surface area contributed by atoms with Crippen molar-refractivity contribution >= 4 is 11.8 Å². The molecule has 5 heteroatoms. The van der Waals surface area contributed by atoms with Gasteiger partial charge in [0.2, 0.25) is 0 Å². The smallest absolute Gasteiger partial charge is 0.338 e. The third kappa shape index (κ3) is 2.77. The Balaban J connectivity index is 1.83. The highest BCUT2D eigenvalue weighted by Crippen LogP contribution is 2.38. The van der Waals surface area contributed by atoms with E-state index in [0.29, 0.717) is 12.2 Å². The minimum absolute atomic E-state index is 0.330. The number of fused-ring (bicyclic) bond motifs is 1. The van der Waals surface area contributed by atoms with E-state index in [9.17, 15) is 4.79 Å². The summed E-state index contributed by atoms with van der Waals surface area (Å²) < 4.78 is 7.10. The van der Waals surface area contributed by atoms with Crippen LogP contribution in [0.3, 0.4) is 0 Å². The van der Waals surface area contributed by atoms with Crippen LogP contribution in [0.25, 0.3) is 11.1 Å². The lowest BCUT2D eigenvalue weighted by atomic mass is 9.97. The molecule has 130 valence electrons. The van der Waals surface area contributed by atoms with Crippen molar-refractivity contribution in [2.75, 3.05) is 11.9 Å². The number of nitrogens with one attached hydrogen (secondary N) is 1. The van der Waals surface area contributed by atoms with Crippen LogP contribution in [-0.4, -0.2) is 22.4 Å². The molecule has 5 nitrogen and oxygen atoms in total. The zero-order chi connectivity index (χ0) is 17.9. The zero-order valence-corrected chi connectivity index (χ0v) is 14.4. The number of aromatic nitrogens is 2. The van der Waals surface area contributed by atoms with Gasteiger partial charge in [0.25, 0.3) is 0 Å². The lowest BCUT2D eigenvalue weighted by molar-refractivity contribution is -0.139. The van der Waals surface area contributed by atoms with Gasteiger partial charge in [-0.05, 0) is 18.1 Å². The Morgan fingerprint density at radius 1 is 1.12 bits per heavy atom. The average molecular weight is 345 g/mol. The first kappa shape index (κ1) is 16.1. The Bertz CT molecular complexity index is 946. The summed E-state index contributed by atoms with van der Waals surface area (Å²) in [5.41, 5.74) is 3.58. The van der Waals surface area contributed by atoms with Crippen molar-refractivity contribution in [1.29, 1.82) is 0 Å². The number of hydrogen-bond acceptors (Lipinski definition) is 4. The lowest BCUT2D eigenvalue weighted by Gasteiger charge is -2.26. The van der Waals surface area contributed by atoms with Gasteiger partial charge in [0.15, 0.2) is 0 Å². The largest absolute Gasteiger partial charge is 0.463 e. The molecule has 26 heavy (non-hydrogen) atoms. The predicted molar refractivity (Wildman–Crippen MR) is 101 cm³/mol. The van der Waals surface area contributed by atoms with Gasteiger partial charge in [0, 0.05) is 11.8 Å². The van der Waals surface area contributed by atoms with Crippen LogP contribution in [0.1, 0.15) is 18.5 Å². The van der Waals surface area contributed by atoms with Crippen LogP contribution in [0.5, 0.6) is 0 Å². The number of esters is 1. The summed E-state index contributed by atoms with van der Waals surface area (Å²) >= 11 is 0. The van der Waals surface area contributed by atoms with E-state index < -0.39 is 0 Å². The van der Waals surface area contributed by atoms with Crippen molar-refractivity contribution in [3.63, 3.8) is 0 Å². The maximum atomic E-state index is 12.5. The van der Waals surface area contributed by atoms with Crippen molar-refractivity contribution in [2.45, 2.75) is 13.0 Å². The number of benzene rings is 2. The summed E-state index contributed by atoms with van der Waals surface area (Å²) in [6, 6.07) is 19.6. The van der Waals surface area contributed by atoms with Crippen molar-refractivity contribution < 1.29 is 9.53 Å². The van der Waals surface area contributed by atoms with E-state index in [0.717, 1.165) is 22.5 Å². The van der Waals surface area contributed by atoms with Crippen LogP contribution in [0, 0.1) is 0 Å². The fourth-order valence-corrected chi connectivity index (χ4v) is 3.23. The fraction of sp³-hybridized carbons (Fsp3) is 0.143. The number of rotatable bonds is 4. The Kier molecular flexibility index (Phi) is 4.27. The number of hydrogen-bond donors (Lipinski definition) is 1. The second-order valence-corrected chi connectivity index (χ2v) is 6.00. The highest BCUT2D eigenvalue weighted by atomic mass is 16.5. The third-order valence-corrected chi connectivity index (χ3v) is 4.41. The normalized spacial score (nSPS) is 15.6. The van der Waals surface area contributed by atoms with E-state index in [-0.39, 0.29) is 12.0 Å². The minimum atomic E-state index is -0.337. The Morgan fingerprint density at radius 3 is 2.50 bits per heavy atom. The molecule has 0 saturated carbocycles. The van der Waals surface area contributed by atoms with E-state index in [1.807, 2.05) is 71.5 Å². The molecule has 1 aromatic heterocycles. The quantitative estimate of drug-likeness (QED) is 0.726. The van der Waals surface area contributed by atoms with E-state index >= 15 is 0 Å². The molecule has 0 aliphatic carbocycles. The topological polar surface area (TPSA) is 56.1 Å². The molecule has 1 aliphatic heterocycles. The number of ether oxygens (including phenoxy) is 1. The van der Waals surface area contributed by atoms with Crippen molar-refractivity contribution in [2.24, 2.45) is 0 Å². The monoisotopic (exact) mass is 345 g/mol. The zero-order valence-electron chi connectivity index (χ0n) is 14.4. The summed E-state index contributed by atoms with van der Waals surface area (Å²) in [4.78, 5) is 12.5. The minimum Gasteiger partial charge on any atom is -0.463 e. The SMILES string of the molecule is CCOC(=O)C1=CNc2c(-c3ccccc3)cnn2[C@@H]1c1ccccc1. The number of nitrogens with zero attached hydrogens (tertiary/aromatic N) is 2. The molecule has 2 aromatic carbocycles. The van der Waals surface area contributed by atoms with Crippen molar-refractivity contribution in [3.8, 4) is 11.1 Å². The van der Waals surface area contributed by atoms with Gasteiger partial charge in [0.1, 0.15) is 11.9 Å². The van der Waals surface area contributed by atoms with Gasteiger partial charge in [-0.3, -0.25) is 0 Å². The Morgan fingerprint density at radius 2 is 1.81 bits per heavy atom. The molecule has 4 rings (SSSR count). The fourth-order valence-electron chi connectivity index (χ4n) is 3.23. The van der Waals surface area contributed by atoms with E-state index in [1.54, 1.807) is 13.1 Å². The van der Waals surface area contributed by atoms with Gasteiger partial charge in [0.05, 0.1) is 18.4 Å². The summed E-state index contributed by atoms with van der Waals surface area (Å²) in [5, 5.41) is 7.83. The molecule has 0 spiro atoms. The van der Waals surface area contributed by atoms with Crippen LogP contribution in [0.4, 0.5) is 5.82 Å². The Hall–Kier alpha value is -3.34. The van der Waals surface area contributed by atoms with Crippen molar-refractivity contribution in [1.82, 2.24) is 9.78 Å². The van der Waals surface area contributed by atoms with Crippen LogP contribution < -0.4 is 5.32 Å². The maximum Gasteiger partial charge on any atom is 0.338 e. The van der Waals surface area contributed by atoms with Crippen molar-refractivity contribution in [3.05, 3.63) is 84.2 Å². The highest BCUT2D eigenvalue weighted by Gasteiger charge is 2.32. The van der Waals surface area contributed by atoms with Gasteiger partial charge in [-0.2, -0.15) is 5.10 Å². The highest BCUT2D eigenvalue weighted by molar-refractivity contribution is 5.92. The molecule has 1 N–H and O–H groups in total. The van der Waals surface area contributed by atoms with Gasteiger partial charge in [-0.25, -0.2) is 9.48 Å². The average Bonchev–Trinajstić information content (AvgIpc) is 3.13. The number of carbonyl (C=O) groups excluding carboxylic acids is 1. The van der Waals surface area contributed by atoms with Crippen LogP contribution in [0.2, 0.25) is 0 Å². The molecule has 1 aliphatic rings.